The Balaban J connectivity index is 2.28. The zero-order chi connectivity index (χ0) is 20.0. The number of nitrogens with one attached hydrogen (secondary N) is 1. The highest BCUT2D eigenvalue weighted by Crippen LogP contribution is 2.37. The summed E-state index contributed by atoms with van der Waals surface area (Å²) in [5, 5.41) is 2.62. The number of anilines is 1. The summed E-state index contributed by atoms with van der Waals surface area (Å²) in [6.45, 7) is 4.46. The second-order valence-electron chi connectivity index (χ2n) is 5.60. The highest BCUT2D eigenvalue weighted by Gasteiger charge is 2.30. The number of hydrogen-bond donors (Lipinski definition) is 1. The van der Waals surface area contributed by atoms with Crippen molar-refractivity contribution in [3.05, 3.63) is 52.5 Å². The molecule has 0 aliphatic heterocycles. The topological polar surface area (TPSA) is 47.6 Å². The van der Waals surface area contributed by atoms with E-state index in [1.54, 1.807) is 6.92 Å². The summed E-state index contributed by atoms with van der Waals surface area (Å²) >= 11 is 6.20. The van der Waals surface area contributed by atoms with Gasteiger partial charge >= 0.3 is 6.18 Å². The highest BCUT2D eigenvalue weighted by molar-refractivity contribution is 6.32. The first-order valence-electron chi connectivity index (χ1n) is 8.34. The minimum Gasteiger partial charge on any atom is -0.490 e. The zero-order valence-electron chi connectivity index (χ0n) is 14.8. The van der Waals surface area contributed by atoms with Crippen LogP contribution < -0.4 is 14.8 Å². The van der Waals surface area contributed by atoms with E-state index in [1.165, 1.54) is 24.3 Å². The zero-order valence-corrected chi connectivity index (χ0v) is 15.6. The highest BCUT2D eigenvalue weighted by atomic mass is 35.5. The predicted octanol–water partition coefficient (Wildman–Crippen LogP) is 5.80. The van der Waals surface area contributed by atoms with Gasteiger partial charge in [0.15, 0.2) is 11.5 Å². The lowest BCUT2D eigenvalue weighted by atomic mass is 10.1. The molecule has 0 radical (unpaired) electrons. The number of carbonyl (C=O) groups excluding carboxylic acids is 1. The SMILES string of the molecule is CCCOc1c(Cl)cc(C(=O)Nc2cccc(C(F)(F)F)c2)cc1OCC. The van der Waals surface area contributed by atoms with E-state index >= 15 is 0 Å². The number of rotatable bonds is 7. The van der Waals surface area contributed by atoms with Gasteiger partial charge in [0.2, 0.25) is 0 Å². The van der Waals surface area contributed by atoms with Crippen molar-refractivity contribution >= 4 is 23.2 Å². The fraction of sp³-hybridized carbons (Fsp3) is 0.316. The molecule has 0 unspecified atom stereocenters. The van der Waals surface area contributed by atoms with Gasteiger partial charge in [-0.15, -0.1) is 0 Å². The summed E-state index contributed by atoms with van der Waals surface area (Å²) in [6, 6.07) is 7.22. The predicted molar refractivity (Wildman–Crippen MR) is 97.8 cm³/mol. The van der Waals surface area contributed by atoms with Crippen LogP contribution in [0.2, 0.25) is 5.02 Å². The molecular formula is C19H19ClF3NO3. The maximum atomic E-state index is 12.8. The van der Waals surface area contributed by atoms with Crippen molar-refractivity contribution in [3.63, 3.8) is 0 Å². The van der Waals surface area contributed by atoms with E-state index in [2.05, 4.69) is 5.32 Å². The fourth-order valence-electron chi connectivity index (χ4n) is 2.28. The van der Waals surface area contributed by atoms with Crippen LogP contribution in [0.1, 0.15) is 36.2 Å². The van der Waals surface area contributed by atoms with Crippen molar-refractivity contribution in [1.29, 1.82) is 0 Å². The molecule has 0 aliphatic rings. The van der Waals surface area contributed by atoms with Crippen LogP contribution in [0, 0.1) is 0 Å². The molecule has 0 atom stereocenters. The Hall–Kier alpha value is -2.41. The van der Waals surface area contributed by atoms with Gasteiger partial charge in [0.05, 0.1) is 23.8 Å². The largest absolute Gasteiger partial charge is 0.490 e. The smallest absolute Gasteiger partial charge is 0.416 e. The van der Waals surface area contributed by atoms with Gasteiger partial charge in [-0.2, -0.15) is 13.2 Å². The number of carbonyl (C=O) groups is 1. The Morgan fingerprint density at radius 2 is 1.89 bits per heavy atom. The Kier molecular flexibility index (Phi) is 6.96. The van der Waals surface area contributed by atoms with Crippen LogP contribution in [-0.4, -0.2) is 19.1 Å². The Labute approximate surface area is 160 Å². The molecule has 2 aromatic rings. The van der Waals surface area contributed by atoms with Crippen molar-refractivity contribution in [1.82, 2.24) is 0 Å². The van der Waals surface area contributed by atoms with Crippen LogP contribution in [0.4, 0.5) is 18.9 Å². The molecule has 27 heavy (non-hydrogen) atoms. The maximum Gasteiger partial charge on any atom is 0.416 e. The number of hydrogen-bond acceptors (Lipinski definition) is 3. The molecule has 4 nitrogen and oxygen atoms in total. The lowest BCUT2D eigenvalue weighted by Gasteiger charge is -2.15. The van der Waals surface area contributed by atoms with E-state index in [1.807, 2.05) is 6.92 Å². The molecule has 1 amide bonds. The fourth-order valence-corrected chi connectivity index (χ4v) is 2.55. The third kappa shape index (κ3) is 5.53. The lowest BCUT2D eigenvalue weighted by molar-refractivity contribution is -0.137. The molecule has 2 aromatic carbocycles. The quantitative estimate of drug-likeness (QED) is 0.638. The molecule has 0 bridgehead atoms. The summed E-state index contributed by atoms with van der Waals surface area (Å²) in [4.78, 5) is 12.5. The summed E-state index contributed by atoms with van der Waals surface area (Å²) in [7, 11) is 0. The molecule has 146 valence electrons. The molecule has 0 aromatic heterocycles. The van der Waals surface area contributed by atoms with Gasteiger partial charge in [0.25, 0.3) is 5.91 Å². The van der Waals surface area contributed by atoms with Gasteiger partial charge in [-0.3, -0.25) is 4.79 Å². The van der Waals surface area contributed by atoms with E-state index in [0.717, 1.165) is 18.6 Å². The first-order valence-corrected chi connectivity index (χ1v) is 8.71. The second-order valence-corrected chi connectivity index (χ2v) is 6.01. The molecule has 8 heteroatoms. The van der Waals surface area contributed by atoms with Crippen LogP contribution in [-0.2, 0) is 6.18 Å². The molecule has 0 heterocycles. The summed E-state index contributed by atoms with van der Waals surface area (Å²) in [5.41, 5.74) is -0.684. The minimum absolute atomic E-state index is 0.0233. The number of halogens is 4. The second kappa shape index (κ2) is 8.99. The van der Waals surface area contributed by atoms with E-state index in [0.29, 0.717) is 24.7 Å². The first-order chi connectivity index (χ1) is 12.8. The van der Waals surface area contributed by atoms with Gasteiger partial charge in [-0.1, -0.05) is 24.6 Å². The third-order valence-electron chi connectivity index (χ3n) is 3.47. The summed E-state index contributed by atoms with van der Waals surface area (Å²) in [5.74, 6) is 0.0165. The molecule has 0 saturated carbocycles. The monoisotopic (exact) mass is 401 g/mol. The standard InChI is InChI=1S/C19H19ClF3NO3/c1-3-8-27-17-15(20)9-12(10-16(17)26-4-2)18(25)24-14-7-5-6-13(11-14)19(21,22)23/h5-7,9-11H,3-4,8H2,1-2H3,(H,24,25). The van der Waals surface area contributed by atoms with Crippen LogP contribution in [0.5, 0.6) is 11.5 Å². The molecular weight excluding hydrogens is 383 g/mol. The van der Waals surface area contributed by atoms with Crippen molar-refractivity contribution in [3.8, 4) is 11.5 Å². The number of alkyl halides is 3. The molecule has 2 rings (SSSR count). The van der Waals surface area contributed by atoms with Crippen LogP contribution in [0.25, 0.3) is 0 Å². The number of benzene rings is 2. The Bertz CT molecular complexity index is 809. The minimum atomic E-state index is -4.50. The van der Waals surface area contributed by atoms with Crippen molar-refractivity contribution in [2.75, 3.05) is 18.5 Å². The Morgan fingerprint density at radius 1 is 1.15 bits per heavy atom. The molecule has 0 fully saturated rings. The Morgan fingerprint density at radius 3 is 2.52 bits per heavy atom. The van der Waals surface area contributed by atoms with Crippen LogP contribution in [0.15, 0.2) is 36.4 Å². The average molecular weight is 402 g/mol. The summed E-state index contributed by atoms with van der Waals surface area (Å²) < 4.78 is 49.5. The average Bonchev–Trinajstić information content (AvgIpc) is 2.60. The lowest BCUT2D eigenvalue weighted by Crippen LogP contribution is -2.14. The van der Waals surface area contributed by atoms with E-state index in [9.17, 15) is 18.0 Å². The van der Waals surface area contributed by atoms with E-state index in [-0.39, 0.29) is 16.3 Å². The van der Waals surface area contributed by atoms with Gasteiger partial charge in [-0.05, 0) is 43.7 Å². The number of amides is 1. The maximum absolute atomic E-state index is 12.8. The van der Waals surface area contributed by atoms with Crippen LogP contribution in [0.3, 0.4) is 0 Å². The van der Waals surface area contributed by atoms with Crippen molar-refractivity contribution in [2.45, 2.75) is 26.4 Å². The van der Waals surface area contributed by atoms with Gasteiger partial charge in [0, 0.05) is 11.3 Å². The van der Waals surface area contributed by atoms with Gasteiger partial charge in [-0.25, -0.2) is 0 Å². The summed E-state index contributed by atoms with van der Waals surface area (Å²) in [6.07, 6.45) is -3.73. The van der Waals surface area contributed by atoms with E-state index < -0.39 is 17.6 Å². The van der Waals surface area contributed by atoms with E-state index in [4.69, 9.17) is 21.1 Å². The van der Waals surface area contributed by atoms with Crippen LogP contribution >= 0.6 is 11.6 Å². The number of ether oxygens (including phenoxy) is 2. The first kappa shape index (κ1) is 20.9. The molecule has 0 aliphatic carbocycles. The molecule has 0 saturated heterocycles. The third-order valence-corrected chi connectivity index (χ3v) is 3.75. The van der Waals surface area contributed by atoms with Crippen molar-refractivity contribution in [2.24, 2.45) is 0 Å². The molecule has 1 N–H and O–H groups in total. The van der Waals surface area contributed by atoms with Gasteiger partial charge < -0.3 is 14.8 Å². The van der Waals surface area contributed by atoms with Gasteiger partial charge in [0.1, 0.15) is 0 Å². The molecule has 0 spiro atoms. The normalized spacial score (nSPS) is 11.2. The van der Waals surface area contributed by atoms with Crippen molar-refractivity contribution < 1.29 is 27.4 Å².